The van der Waals surface area contributed by atoms with Crippen molar-refractivity contribution in [2.24, 2.45) is 0 Å². The van der Waals surface area contributed by atoms with Gasteiger partial charge in [0.15, 0.2) is 6.61 Å². The minimum Gasteiger partial charge on any atom is -0.469 e. The summed E-state index contributed by atoms with van der Waals surface area (Å²) in [5.41, 5.74) is 1.43. The van der Waals surface area contributed by atoms with Crippen LogP contribution >= 0.6 is 0 Å². The average Bonchev–Trinajstić information content (AvgIpc) is 2.97. The van der Waals surface area contributed by atoms with Gasteiger partial charge in [0.25, 0.3) is 11.8 Å². The lowest BCUT2D eigenvalue weighted by atomic mass is 9.90. The van der Waals surface area contributed by atoms with E-state index in [4.69, 9.17) is 4.84 Å². The van der Waals surface area contributed by atoms with Crippen LogP contribution in [0, 0.1) is 0 Å². The third-order valence-corrected chi connectivity index (χ3v) is 6.79. The fraction of sp³-hybridized carbons (Fsp3) is 0.538. The molecule has 0 bridgehead atoms. The number of rotatable bonds is 9. The molecular weight excluding hydrogens is 569 g/mol. The number of amides is 3. The number of hydrogen-bond acceptors (Lipinski definition) is 10. The van der Waals surface area contributed by atoms with Gasteiger partial charge in [-0.15, -0.1) is 0 Å². The summed E-state index contributed by atoms with van der Waals surface area (Å²) in [6.45, 7) is 1.10. The van der Waals surface area contributed by atoms with Gasteiger partial charge in [-0.25, -0.2) is 9.59 Å². The van der Waals surface area contributed by atoms with Crippen LogP contribution in [0.4, 0.5) is 13.2 Å². The Kier molecular flexibility index (Phi) is 10.9. The van der Waals surface area contributed by atoms with Crippen molar-refractivity contribution in [3.63, 3.8) is 0 Å². The monoisotopic (exact) mass is 600 g/mol. The second-order valence-corrected chi connectivity index (χ2v) is 9.65. The van der Waals surface area contributed by atoms with Crippen LogP contribution < -0.4 is 10.6 Å². The molecular formula is C26H31F3N4O9. The summed E-state index contributed by atoms with van der Waals surface area (Å²) in [6, 6.07) is 4.40. The van der Waals surface area contributed by atoms with E-state index >= 15 is 0 Å². The van der Waals surface area contributed by atoms with Crippen LogP contribution in [0.2, 0.25) is 0 Å². The summed E-state index contributed by atoms with van der Waals surface area (Å²) in [5, 5.41) is 6.32. The van der Waals surface area contributed by atoms with E-state index in [0.717, 1.165) is 43.5 Å². The molecule has 230 valence electrons. The number of ether oxygens (including phenoxy) is 2. The van der Waals surface area contributed by atoms with Gasteiger partial charge in [-0.3, -0.25) is 19.2 Å². The van der Waals surface area contributed by atoms with Gasteiger partial charge in [0.05, 0.1) is 20.1 Å². The molecule has 0 radical (unpaired) electrons. The SMILES string of the molecule is COC(=O)C[C@H]1C(=O)N(OC(=O)COC(=O)C(F)(F)F)CCN1C(=O)C(C)NC(=O)c1ccc(C2CCNCC2)cc1. The zero-order valence-electron chi connectivity index (χ0n) is 22.9. The number of piperazine rings is 1. The normalized spacial score (nSPS) is 18.6. The number of hydroxylamine groups is 2. The van der Waals surface area contributed by atoms with E-state index in [1.54, 1.807) is 12.1 Å². The largest absolute Gasteiger partial charge is 0.490 e. The van der Waals surface area contributed by atoms with E-state index in [1.165, 1.54) is 6.92 Å². The van der Waals surface area contributed by atoms with Crippen molar-refractivity contribution in [1.29, 1.82) is 0 Å². The Hall–Kier alpha value is -4.21. The molecule has 2 N–H and O–H groups in total. The zero-order chi connectivity index (χ0) is 31.0. The topological polar surface area (TPSA) is 161 Å². The van der Waals surface area contributed by atoms with Gasteiger partial charge >= 0.3 is 24.1 Å². The summed E-state index contributed by atoms with van der Waals surface area (Å²) in [6.07, 6.45) is -4.01. The number of nitrogens with one attached hydrogen (secondary N) is 2. The Morgan fingerprint density at radius 1 is 1.05 bits per heavy atom. The van der Waals surface area contributed by atoms with Crippen LogP contribution in [-0.4, -0.2) is 104 Å². The molecule has 0 spiro atoms. The number of carbonyl (C=O) groups excluding carboxylic acids is 6. The summed E-state index contributed by atoms with van der Waals surface area (Å²) < 4.78 is 45.2. The molecule has 16 heteroatoms. The number of alkyl halides is 3. The highest BCUT2D eigenvalue weighted by molar-refractivity contribution is 5.99. The number of nitrogens with zero attached hydrogens (tertiary/aromatic N) is 2. The van der Waals surface area contributed by atoms with Crippen LogP contribution in [0.25, 0.3) is 0 Å². The fourth-order valence-corrected chi connectivity index (χ4v) is 4.57. The van der Waals surface area contributed by atoms with Crippen LogP contribution in [-0.2, 0) is 38.3 Å². The number of halogens is 3. The fourth-order valence-electron chi connectivity index (χ4n) is 4.57. The maximum Gasteiger partial charge on any atom is 0.490 e. The molecule has 2 aliphatic rings. The van der Waals surface area contributed by atoms with Gasteiger partial charge in [-0.2, -0.15) is 18.2 Å². The van der Waals surface area contributed by atoms with Crippen molar-refractivity contribution in [2.45, 2.75) is 50.4 Å². The first-order valence-corrected chi connectivity index (χ1v) is 13.1. The first-order chi connectivity index (χ1) is 19.8. The Morgan fingerprint density at radius 2 is 1.69 bits per heavy atom. The lowest BCUT2D eigenvalue weighted by molar-refractivity contribution is -0.218. The molecule has 2 aliphatic heterocycles. The number of carbonyl (C=O) groups is 6. The number of hydrogen-bond donors (Lipinski definition) is 2. The molecule has 2 saturated heterocycles. The predicted octanol–water partition coefficient (Wildman–Crippen LogP) is 0.438. The molecule has 2 atom stereocenters. The van der Waals surface area contributed by atoms with Gasteiger partial charge < -0.3 is 29.8 Å². The Bertz CT molecular complexity index is 1190. The molecule has 1 aromatic rings. The third kappa shape index (κ3) is 8.41. The van der Waals surface area contributed by atoms with Gasteiger partial charge in [-0.05, 0) is 56.5 Å². The summed E-state index contributed by atoms with van der Waals surface area (Å²) in [4.78, 5) is 79.5. The van der Waals surface area contributed by atoms with E-state index < -0.39 is 73.5 Å². The highest BCUT2D eigenvalue weighted by Gasteiger charge is 2.43. The number of methoxy groups -OCH3 is 1. The maximum atomic E-state index is 13.3. The molecule has 0 aliphatic carbocycles. The second-order valence-electron chi connectivity index (χ2n) is 9.65. The lowest BCUT2D eigenvalue weighted by Crippen LogP contribution is -2.62. The van der Waals surface area contributed by atoms with Crippen molar-refractivity contribution in [3.8, 4) is 0 Å². The van der Waals surface area contributed by atoms with E-state index in [0.29, 0.717) is 16.5 Å². The van der Waals surface area contributed by atoms with E-state index in [2.05, 4.69) is 20.1 Å². The van der Waals surface area contributed by atoms with Crippen molar-refractivity contribution >= 4 is 35.6 Å². The molecule has 1 aromatic carbocycles. The second kappa shape index (κ2) is 14.1. The molecule has 42 heavy (non-hydrogen) atoms. The van der Waals surface area contributed by atoms with Crippen LogP contribution in [0.5, 0.6) is 0 Å². The van der Waals surface area contributed by atoms with Gasteiger partial charge in [0, 0.05) is 12.1 Å². The van der Waals surface area contributed by atoms with E-state index in [-0.39, 0.29) is 6.54 Å². The smallest absolute Gasteiger partial charge is 0.469 e. The number of piperidine rings is 1. The predicted molar refractivity (Wildman–Crippen MR) is 135 cm³/mol. The Morgan fingerprint density at radius 3 is 2.29 bits per heavy atom. The lowest BCUT2D eigenvalue weighted by Gasteiger charge is -2.39. The first kappa shape index (κ1) is 32.3. The minimum atomic E-state index is -5.34. The Balaban J connectivity index is 1.63. The molecule has 1 unspecified atom stereocenters. The maximum absolute atomic E-state index is 13.3. The van der Waals surface area contributed by atoms with Crippen molar-refractivity contribution in [3.05, 3.63) is 35.4 Å². The number of esters is 2. The number of benzene rings is 1. The molecule has 0 aromatic heterocycles. The van der Waals surface area contributed by atoms with Crippen molar-refractivity contribution < 1.29 is 56.2 Å². The molecule has 3 amide bonds. The van der Waals surface area contributed by atoms with Gasteiger partial charge in [-0.1, -0.05) is 12.1 Å². The van der Waals surface area contributed by atoms with E-state index in [9.17, 15) is 41.9 Å². The summed E-state index contributed by atoms with van der Waals surface area (Å²) in [7, 11) is 1.05. The highest BCUT2D eigenvalue weighted by Crippen LogP contribution is 2.25. The zero-order valence-corrected chi connectivity index (χ0v) is 22.9. The summed E-state index contributed by atoms with van der Waals surface area (Å²) >= 11 is 0. The molecule has 2 fully saturated rings. The average molecular weight is 601 g/mol. The minimum absolute atomic E-state index is 0.271. The quantitative estimate of drug-likeness (QED) is 0.381. The van der Waals surface area contributed by atoms with Crippen LogP contribution in [0.1, 0.15) is 48.0 Å². The van der Waals surface area contributed by atoms with Crippen LogP contribution in [0.3, 0.4) is 0 Å². The highest BCUT2D eigenvalue weighted by atomic mass is 19.4. The van der Waals surface area contributed by atoms with E-state index in [1.807, 2.05) is 12.1 Å². The molecule has 2 heterocycles. The molecule has 0 saturated carbocycles. The molecule has 3 rings (SSSR count). The van der Waals surface area contributed by atoms with Gasteiger partial charge in [0.2, 0.25) is 5.91 Å². The summed E-state index contributed by atoms with van der Waals surface area (Å²) in [5.74, 6) is -6.93. The standard InChI is InChI=1S/C26H31F3N4O9/c1-15(31-22(36)18-5-3-16(4-6-18)17-7-9-30-10-8-17)23(37)32-11-12-33(24(38)19(32)13-20(34)40-2)42-21(35)14-41-25(39)26(27,28)29/h3-6,15,17,19,30H,7-14H2,1-2H3,(H,31,36)/t15?,19-/m0/s1. The molecule has 13 nitrogen and oxygen atoms in total. The third-order valence-electron chi connectivity index (χ3n) is 6.79. The van der Waals surface area contributed by atoms with Gasteiger partial charge in [0.1, 0.15) is 12.1 Å². The first-order valence-electron chi connectivity index (χ1n) is 13.1. The van der Waals surface area contributed by atoms with Crippen molar-refractivity contribution in [1.82, 2.24) is 20.6 Å². The Labute approximate surface area is 238 Å². The van der Waals surface area contributed by atoms with Crippen molar-refractivity contribution in [2.75, 3.05) is 39.9 Å². The van der Waals surface area contributed by atoms with Crippen LogP contribution in [0.15, 0.2) is 24.3 Å².